The molecule has 1 amide bonds. The van der Waals surface area contributed by atoms with Crippen molar-refractivity contribution < 1.29 is 14.7 Å². The minimum Gasteiger partial charge on any atom is -0.481 e. The molecule has 5 nitrogen and oxygen atoms in total. The Hall–Kier alpha value is -1.10. The van der Waals surface area contributed by atoms with E-state index in [1.807, 2.05) is 13.8 Å². The molecule has 0 saturated heterocycles. The summed E-state index contributed by atoms with van der Waals surface area (Å²) < 4.78 is 0. The summed E-state index contributed by atoms with van der Waals surface area (Å²) in [5, 5.41) is 7.42. The van der Waals surface area contributed by atoms with Crippen molar-refractivity contribution in [2.45, 2.75) is 26.8 Å². The number of hydrogen-bond donors (Lipinski definition) is 3. The van der Waals surface area contributed by atoms with Gasteiger partial charge < -0.3 is 16.6 Å². The van der Waals surface area contributed by atoms with Crippen molar-refractivity contribution in [2.24, 2.45) is 17.4 Å². The summed E-state index contributed by atoms with van der Waals surface area (Å²) in [6, 6.07) is -0.491. The lowest BCUT2D eigenvalue weighted by Crippen LogP contribution is -2.40. The van der Waals surface area contributed by atoms with E-state index >= 15 is 0 Å². The fourth-order valence-electron chi connectivity index (χ4n) is 0.329. The number of primary amides is 1. The van der Waals surface area contributed by atoms with Crippen LogP contribution in [0.4, 0.5) is 0 Å². The zero-order chi connectivity index (χ0) is 10.3. The minimum absolute atomic E-state index is 0.146. The van der Waals surface area contributed by atoms with Gasteiger partial charge in [-0.1, -0.05) is 13.8 Å². The topological polar surface area (TPSA) is 106 Å². The number of aliphatic carboxylic acids is 1. The SMILES string of the molecule is CC(=O)O.CC(C)[C@@H](N)C(N)=O. The Morgan fingerprint density at radius 3 is 1.58 bits per heavy atom. The second kappa shape index (κ2) is 6.60. The van der Waals surface area contributed by atoms with Crippen LogP contribution in [0.5, 0.6) is 0 Å². The minimum atomic E-state index is -0.833. The summed E-state index contributed by atoms with van der Waals surface area (Å²) in [6.07, 6.45) is 0. The highest BCUT2D eigenvalue weighted by Gasteiger charge is 2.12. The van der Waals surface area contributed by atoms with Crippen molar-refractivity contribution in [3.63, 3.8) is 0 Å². The highest BCUT2D eigenvalue weighted by Crippen LogP contribution is 1.95. The van der Waals surface area contributed by atoms with Gasteiger partial charge in [0.25, 0.3) is 5.97 Å². The highest BCUT2D eigenvalue weighted by molar-refractivity contribution is 5.79. The molecule has 0 heterocycles. The lowest BCUT2D eigenvalue weighted by atomic mass is 10.1. The molecule has 5 heteroatoms. The van der Waals surface area contributed by atoms with Crippen LogP contribution in [0, 0.1) is 5.92 Å². The maximum Gasteiger partial charge on any atom is 0.300 e. The van der Waals surface area contributed by atoms with Crippen molar-refractivity contribution in [3.05, 3.63) is 0 Å². The van der Waals surface area contributed by atoms with E-state index in [2.05, 4.69) is 0 Å². The van der Waals surface area contributed by atoms with Crippen molar-refractivity contribution in [1.29, 1.82) is 0 Å². The van der Waals surface area contributed by atoms with Crippen molar-refractivity contribution in [3.8, 4) is 0 Å². The number of carbonyl (C=O) groups is 2. The first kappa shape index (κ1) is 13.5. The van der Waals surface area contributed by atoms with Crippen LogP contribution in [0.3, 0.4) is 0 Å². The van der Waals surface area contributed by atoms with Crippen molar-refractivity contribution in [2.75, 3.05) is 0 Å². The monoisotopic (exact) mass is 176 g/mol. The second-order valence-corrected chi connectivity index (χ2v) is 2.69. The lowest BCUT2D eigenvalue weighted by Gasteiger charge is -2.09. The average Bonchev–Trinajstić information content (AvgIpc) is 1.84. The third-order valence-corrected chi connectivity index (χ3v) is 1.05. The summed E-state index contributed by atoms with van der Waals surface area (Å²) in [5.41, 5.74) is 10.2. The van der Waals surface area contributed by atoms with E-state index in [1.54, 1.807) is 0 Å². The Morgan fingerprint density at radius 1 is 1.33 bits per heavy atom. The fraction of sp³-hybridized carbons (Fsp3) is 0.714. The standard InChI is InChI=1S/C5H12N2O.C2H4O2/c1-3(2)4(6)5(7)8;1-2(3)4/h3-4H,6H2,1-2H3,(H2,7,8);1H3,(H,3,4)/t4-;/m1./s1. The molecule has 72 valence electrons. The van der Waals surface area contributed by atoms with Gasteiger partial charge >= 0.3 is 0 Å². The van der Waals surface area contributed by atoms with Crippen LogP contribution >= 0.6 is 0 Å². The molecule has 0 radical (unpaired) electrons. The molecule has 1 atom stereocenters. The molecule has 0 saturated carbocycles. The number of rotatable bonds is 2. The lowest BCUT2D eigenvalue weighted by molar-refractivity contribution is -0.134. The molecule has 0 aliphatic heterocycles. The summed E-state index contributed by atoms with van der Waals surface area (Å²) in [6.45, 7) is 4.80. The molecule has 0 unspecified atom stereocenters. The van der Waals surface area contributed by atoms with Crippen LogP contribution in [0.2, 0.25) is 0 Å². The van der Waals surface area contributed by atoms with Crippen LogP contribution in [-0.4, -0.2) is 23.0 Å². The third kappa shape index (κ3) is 11.7. The zero-order valence-electron chi connectivity index (χ0n) is 7.57. The average molecular weight is 176 g/mol. The van der Waals surface area contributed by atoms with Gasteiger partial charge in [-0.25, -0.2) is 0 Å². The first-order valence-corrected chi connectivity index (χ1v) is 3.53. The van der Waals surface area contributed by atoms with E-state index in [0.717, 1.165) is 6.92 Å². The maximum atomic E-state index is 10.2. The van der Waals surface area contributed by atoms with E-state index in [0.29, 0.717) is 0 Å². The number of nitrogens with two attached hydrogens (primary N) is 2. The molecule has 12 heavy (non-hydrogen) atoms. The van der Waals surface area contributed by atoms with Gasteiger partial charge in [0, 0.05) is 6.92 Å². The second-order valence-electron chi connectivity index (χ2n) is 2.69. The molecule has 0 fully saturated rings. The third-order valence-electron chi connectivity index (χ3n) is 1.05. The highest BCUT2D eigenvalue weighted by atomic mass is 16.4. The van der Waals surface area contributed by atoms with Crippen LogP contribution in [-0.2, 0) is 9.59 Å². The van der Waals surface area contributed by atoms with Gasteiger partial charge in [-0.15, -0.1) is 0 Å². The molecule has 0 rings (SSSR count). The van der Waals surface area contributed by atoms with E-state index in [9.17, 15) is 4.79 Å². The Bertz CT molecular complexity index is 153. The maximum absolute atomic E-state index is 10.2. The van der Waals surface area contributed by atoms with Crippen LogP contribution in [0.15, 0.2) is 0 Å². The normalized spacial score (nSPS) is 11.4. The zero-order valence-corrected chi connectivity index (χ0v) is 7.57. The first-order valence-electron chi connectivity index (χ1n) is 3.53. The largest absolute Gasteiger partial charge is 0.481 e. The number of amides is 1. The molecule has 0 aliphatic rings. The van der Waals surface area contributed by atoms with Gasteiger partial charge in [0.15, 0.2) is 0 Å². The molecule has 0 aliphatic carbocycles. The number of carboxylic acid groups (broad SMARTS) is 1. The number of carbonyl (C=O) groups excluding carboxylic acids is 1. The summed E-state index contributed by atoms with van der Waals surface area (Å²) in [4.78, 5) is 19.2. The predicted octanol–water partition coefficient (Wildman–Crippen LogP) is -0.454. The predicted molar refractivity (Wildman–Crippen MR) is 45.3 cm³/mol. The molecule has 0 spiro atoms. The van der Waals surface area contributed by atoms with Gasteiger partial charge in [0.1, 0.15) is 0 Å². The summed E-state index contributed by atoms with van der Waals surface area (Å²) >= 11 is 0. The Balaban J connectivity index is 0. The quantitative estimate of drug-likeness (QED) is 0.529. The number of hydrogen-bond acceptors (Lipinski definition) is 3. The number of carboxylic acids is 1. The van der Waals surface area contributed by atoms with Crippen LogP contribution in [0.25, 0.3) is 0 Å². The van der Waals surface area contributed by atoms with Crippen LogP contribution in [0.1, 0.15) is 20.8 Å². The molecular formula is C7H16N2O3. The Labute approximate surface area is 71.7 Å². The van der Waals surface area contributed by atoms with E-state index < -0.39 is 17.9 Å². The molecule has 0 aromatic heterocycles. The summed E-state index contributed by atoms with van der Waals surface area (Å²) in [5.74, 6) is -1.12. The molecule has 0 bridgehead atoms. The molecule has 5 N–H and O–H groups in total. The molecule has 0 aromatic carbocycles. The van der Waals surface area contributed by atoms with Gasteiger partial charge in [-0.05, 0) is 5.92 Å². The van der Waals surface area contributed by atoms with Crippen molar-refractivity contribution in [1.82, 2.24) is 0 Å². The van der Waals surface area contributed by atoms with Gasteiger partial charge in [-0.3, -0.25) is 9.59 Å². The fourth-order valence-corrected chi connectivity index (χ4v) is 0.329. The van der Waals surface area contributed by atoms with E-state index in [-0.39, 0.29) is 5.92 Å². The Morgan fingerprint density at radius 2 is 1.58 bits per heavy atom. The smallest absolute Gasteiger partial charge is 0.300 e. The van der Waals surface area contributed by atoms with Crippen LogP contribution < -0.4 is 11.5 Å². The first-order chi connectivity index (χ1) is 5.29. The van der Waals surface area contributed by atoms with Gasteiger partial charge in [-0.2, -0.15) is 0 Å². The van der Waals surface area contributed by atoms with E-state index in [1.165, 1.54) is 0 Å². The van der Waals surface area contributed by atoms with E-state index in [4.69, 9.17) is 21.4 Å². The Kier molecular flexibility index (Phi) is 7.42. The van der Waals surface area contributed by atoms with Gasteiger partial charge in [0.05, 0.1) is 6.04 Å². The molecule has 0 aromatic rings. The summed E-state index contributed by atoms with van der Waals surface area (Å²) in [7, 11) is 0. The molecular weight excluding hydrogens is 160 g/mol. The van der Waals surface area contributed by atoms with Gasteiger partial charge in [0.2, 0.25) is 5.91 Å². The van der Waals surface area contributed by atoms with Crippen molar-refractivity contribution >= 4 is 11.9 Å².